The minimum absolute atomic E-state index is 0.664. The van der Waals surface area contributed by atoms with Crippen LogP contribution in [0.1, 0.15) is 13.8 Å². The third-order valence-electron chi connectivity index (χ3n) is 0.524. The zero-order valence-corrected chi connectivity index (χ0v) is 6.96. The summed E-state index contributed by atoms with van der Waals surface area (Å²) >= 11 is 4.79. The molecule has 0 atom stereocenters. The van der Waals surface area contributed by atoms with Crippen LogP contribution in [0.5, 0.6) is 0 Å². The molecule has 0 radical (unpaired) electrons. The Balaban J connectivity index is 3.06. The predicted molar refractivity (Wildman–Crippen MR) is 38.9 cm³/mol. The lowest BCUT2D eigenvalue weighted by molar-refractivity contribution is 0.286. The second kappa shape index (κ2) is 5.70. The molecule has 8 heavy (non-hydrogen) atoms. The molecule has 0 rings (SSSR count). The minimum Gasteiger partial charge on any atom is -0.332 e. The van der Waals surface area contributed by atoms with Crippen molar-refractivity contribution in [3.05, 3.63) is 0 Å². The van der Waals surface area contributed by atoms with Crippen LogP contribution >= 0.6 is 7.15 Å². The maximum absolute atomic E-state index is 4.98. The molecule has 0 saturated heterocycles. The van der Waals surface area contributed by atoms with Crippen LogP contribution in [0.2, 0.25) is 0 Å². The van der Waals surface area contributed by atoms with Gasteiger partial charge in [-0.05, 0) is 25.7 Å². The van der Waals surface area contributed by atoms with Gasteiger partial charge in [0, 0.05) is 0 Å². The first-order chi connectivity index (χ1) is 3.81. The maximum atomic E-state index is 4.98. The summed E-state index contributed by atoms with van der Waals surface area (Å²) in [5.41, 5.74) is 0. The molecule has 50 valence electrons. The largest absolute Gasteiger partial charge is 0.332 e. The summed E-state index contributed by atoms with van der Waals surface area (Å²) in [7, 11) is -1.31. The zero-order chi connectivity index (χ0) is 6.41. The van der Waals surface area contributed by atoms with E-state index in [9.17, 15) is 0 Å². The van der Waals surface area contributed by atoms with E-state index in [1.54, 1.807) is 0 Å². The standard InChI is InChI=1S/C4H11O2PS/c1-3-5-7(8)6-4-2/h7H,3-4H2,1-2H3. The van der Waals surface area contributed by atoms with Crippen molar-refractivity contribution in [2.75, 3.05) is 13.2 Å². The summed E-state index contributed by atoms with van der Waals surface area (Å²) in [6.45, 7) is 5.15. The van der Waals surface area contributed by atoms with E-state index < -0.39 is 7.15 Å². The summed E-state index contributed by atoms with van der Waals surface area (Å²) in [5, 5.41) is 0. The molecule has 0 N–H and O–H groups in total. The Hall–Kier alpha value is 0.570. The van der Waals surface area contributed by atoms with Gasteiger partial charge in [0.2, 0.25) is 0 Å². The van der Waals surface area contributed by atoms with Gasteiger partial charge < -0.3 is 9.05 Å². The molecule has 0 fully saturated rings. The molecule has 0 aromatic heterocycles. The summed E-state index contributed by atoms with van der Waals surface area (Å²) in [6.07, 6.45) is 0. The Labute approximate surface area is 55.8 Å². The second-order valence-electron chi connectivity index (χ2n) is 1.12. The molecule has 0 aliphatic rings. The Kier molecular flexibility index (Phi) is 6.11. The van der Waals surface area contributed by atoms with Gasteiger partial charge in [0.1, 0.15) is 0 Å². The molecular formula is C4H11O2PS. The first kappa shape index (κ1) is 8.57. The molecule has 0 bridgehead atoms. The van der Waals surface area contributed by atoms with E-state index >= 15 is 0 Å². The molecule has 0 amide bonds. The van der Waals surface area contributed by atoms with Gasteiger partial charge in [-0.3, -0.25) is 0 Å². The van der Waals surface area contributed by atoms with Crippen molar-refractivity contribution in [2.45, 2.75) is 13.8 Å². The van der Waals surface area contributed by atoms with E-state index in [0.717, 1.165) is 0 Å². The van der Waals surface area contributed by atoms with E-state index in [4.69, 9.17) is 20.9 Å². The number of hydrogen-bond acceptors (Lipinski definition) is 3. The van der Waals surface area contributed by atoms with Gasteiger partial charge in [-0.2, -0.15) is 0 Å². The topological polar surface area (TPSA) is 18.5 Å². The van der Waals surface area contributed by atoms with Crippen molar-refractivity contribution in [3.8, 4) is 0 Å². The Morgan fingerprint density at radius 1 is 1.25 bits per heavy atom. The van der Waals surface area contributed by atoms with E-state index in [0.29, 0.717) is 13.2 Å². The fourth-order valence-corrected chi connectivity index (χ4v) is 1.54. The van der Waals surface area contributed by atoms with E-state index in [1.165, 1.54) is 0 Å². The van der Waals surface area contributed by atoms with Crippen LogP contribution in [0.15, 0.2) is 0 Å². The molecule has 0 saturated carbocycles. The molecule has 0 aliphatic carbocycles. The highest BCUT2D eigenvalue weighted by Crippen LogP contribution is 2.22. The zero-order valence-electron chi connectivity index (χ0n) is 5.14. The van der Waals surface area contributed by atoms with Crippen LogP contribution in [0.3, 0.4) is 0 Å². The fraction of sp³-hybridized carbons (Fsp3) is 1.00. The second-order valence-corrected chi connectivity index (χ2v) is 3.19. The normalized spacial score (nSPS) is 10.4. The molecule has 0 aromatic carbocycles. The lowest BCUT2D eigenvalue weighted by Gasteiger charge is -2.01. The lowest BCUT2D eigenvalue weighted by atomic mass is 10.9. The van der Waals surface area contributed by atoms with Crippen LogP contribution in [-0.4, -0.2) is 13.2 Å². The lowest BCUT2D eigenvalue weighted by Crippen LogP contribution is -1.81. The minimum atomic E-state index is -1.31. The summed E-state index contributed by atoms with van der Waals surface area (Å²) in [4.78, 5) is 0. The maximum Gasteiger partial charge on any atom is 0.176 e. The van der Waals surface area contributed by atoms with Crippen molar-refractivity contribution in [1.82, 2.24) is 0 Å². The molecule has 0 aromatic rings. The Morgan fingerprint density at radius 2 is 1.62 bits per heavy atom. The smallest absolute Gasteiger partial charge is 0.176 e. The van der Waals surface area contributed by atoms with Crippen LogP contribution in [0.4, 0.5) is 0 Å². The molecule has 0 aliphatic heterocycles. The van der Waals surface area contributed by atoms with E-state index in [1.807, 2.05) is 13.8 Å². The van der Waals surface area contributed by atoms with Crippen LogP contribution in [0.25, 0.3) is 0 Å². The van der Waals surface area contributed by atoms with E-state index in [-0.39, 0.29) is 0 Å². The number of rotatable bonds is 4. The van der Waals surface area contributed by atoms with Gasteiger partial charge >= 0.3 is 0 Å². The van der Waals surface area contributed by atoms with Crippen LogP contribution < -0.4 is 0 Å². The van der Waals surface area contributed by atoms with Crippen LogP contribution in [0, 0.1) is 0 Å². The van der Waals surface area contributed by atoms with Gasteiger partial charge in [-0.1, -0.05) is 0 Å². The fourth-order valence-electron chi connectivity index (χ4n) is 0.277. The summed E-state index contributed by atoms with van der Waals surface area (Å²) < 4.78 is 9.95. The summed E-state index contributed by atoms with van der Waals surface area (Å²) in [6, 6.07) is 0. The van der Waals surface area contributed by atoms with Gasteiger partial charge in [0.05, 0.1) is 13.2 Å². The average molecular weight is 154 g/mol. The van der Waals surface area contributed by atoms with Crippen molar-refractivity contribution in [3.63, 3.8) is 0 Å². The molecule has 0 unspecified atom stereocenters. The predicted octanol–water partition coefficient (Wildman–Crippen LogP) is 1.57. The quantitative estimate of drug-likeness (QED) is 0.572. The van der Waals surface area contributed by atoms with Crippen molar-refractivity contribution < 1.29 is 9.05 Å². The Bertz CT molecular complexity index is 68.4. The molecule has 2 nitrogen and oxygen atoms in total. The van der Waals surface area contributed by atoms with Gasteiger partial charge in [-0.15, -0.1) is 0 Å². The molecule has 4 heteroatoms. The number of hydrogen-bond donors (Lipinski definition) is 0. The van der Waals surface area contributed by atoms with E-state index in [2.05, 4.69) is 0 Å². The highest BCUT2D eigenvalue weighted by Gasteiger charge is 1.86. The molecule has 0 heterocycles. The molecular weight excluding hydrogens is 143 g/mol. The summed E-state index contributed by atoms with van der Waals surface area (Å²) in [5.74, 6) is 0. The SMILES string of the molecule is CCO[PH](=S)OCC. The Morgan fingerprint density at radius 3 is 1.88 bits per heavy atom. The van der Waals surface area contributed by atoms with Crippen molar-refractivity contribution >= 4 is 19.0 Å². The monoisotopic (exact) mass is 154 g/mol. The molecule has 0 spiro atoms. The third kappa shape index (κ3) is 4.72. The van der Waals surface area contributed by atoms with Gasteiger partial charge in [0.15, 0.2) is 7.15 Å². The first-order valence-corrected chi connectivity index (χ1v) is 5.05. The van der Waals surface area contributed by atoms with Crippen molar-refractivity contribution in [1.29, 1.82) is 0 Å². The van der Waals surface area contributed by atoms with Crippen LogP contribution in [-0.2, 0) is 20.9 Å². The highest BCUT2D eigenvalue weighted by molar-refractivity contribution is 8.00. The average Bonchev–Trinajstić information content (AvgIpc) is 1.68. The van der Waals surface area contributed by atoms with Gasteiger partial charge in [-0.25, -0.2) is 0 Å². The first-order valence-electron chi connectivity index (χ1n) is 2.60. The van der Waals surface area contributed by atoms with Gasteiger partial charge in [0.25, 0.3) is 0 Å². The third-order valence-corrected chi connectivity index (χ3v) is 2.28. The highest BCUT2D eigenvalue weighted by atomic mass is 32.4. The van der Waals surface area contributed by atoms with Crippen molar-refractivity contribution in [2.24, 2.45) is 0 Å².